The molecule has 0 aliphatic heterocycles. The van der Waals surface area contributed by atoms with Crippen molar-refractivity contribution in [1.82, 2.24) is 4.90 Å². The fourth-order valence-corrected chi connectivity index (χ4v) is 2.35. The molecule has 21 heavy (non-hydrogen) atoms. The summed E-state index contributed by atoms with van der Waals surface area (Å²) < 4.78 is 0. The number of nitrogens with zero attached hydrogens (tertiary/aromatic N) is 1. The average Bonchev–Trinajstić information content (AvgIpc) is 2.48. The largest absolute Gasteiger partial charge is 0.398 e. The summed E-state index contributed by atoms with van der Waals surface area (Å²) in [4.78, 5) is 14.6. The highest BCUT2D eigenvalue weighted by Crippen LogP contribution is 2.18. The standard InChI is InChI=1S/C18H22N2O/c1-4-20(12-15-7-5-6-8-17(15)19)18(21)16-11-13(2)9-10-14(16)3/h5-11H,4,12,19H2,1-3H3. The van der Waals surface area contributed by atoms with Crippen LogP contribution in [0.2, 0.25) is 0 Å². The molecule has 2 rings (SSSR count). The van der Waals surface area contributed by atoms with E-state index in [4.69, 9.17) is 5.73 Å². The van der Waals surface area contributed by atoms with Gasteiger partial charge in [0.25, 0.3) is 5.91 Å². The van der Waals surface area contributed by atoms with Gasteiger partial charge in [0, 0.05) is 24.3 Å². The second kappa shape index (κ2) is 6.44. The molecule has 3 nitrogen and oxygen atoms in total. The van der Waals surface area contributed by atoms with Gasteiger partial charge in [0.05, 0.1) is 0 Å². The lowest BCUT2D eigenvalue weighted by atomic mass is 10.0. The highest BCUT2D eigenvalue weighted by atomic mass is 16.2. The number of hydrogen-bond donors (Lipinski definition) is 1. The monoisotopic (exact) mass is 282 g/mol. The zero-order chi connectivity index (χ0) is 15.4. The Bertz CT molecular complexity index is 649. The van der Waals surface area contributed by atoms with Crippen LogP contribution in [-0.4, -0.2) is 17.4 Å². The number of amides is 1. The summed E-state index contributed by atoms with van der Waals surface area (Å²) >= 11 is 0. The lowest BCUT2D eigenvalue weighted by molar-refractivity contribution is 0.0752. The maximum absolute atomic E-state index is 12.7. The lowest BCUT2D eigenvalue weighted by Crippen LogP contribution is -2.31. The Balaban J connectivity index is 2.27. The molecule has 2 aromatic carbocycles. The van der Waals surface area contributed by atoms with Gasteiger partial charge >= 0.3 is 0 Å². The maximum atomic E-state index is 12.7. The van der Waals surface area contributed by atoms with Crippen molar-refractivity contribution in [3.05, 3.63) is 64.7 Å². The van der Waals surface area contributed by atoms with E-state index in [0.717, 1.165) is 27.9 Å². The topological polar surface area (TPSA) is 46.3 Å². The van der Waals surface area contributed by atoms with Gasteiger partial charge in [0.1, 0.15) is 0 Å². The van der Waals surface area contributed by atoms with Crippen LogP contribution in [0.15, 0.2) is 42.5 Å². The SMILES string of the molecule is CCN(Cc1ccccc1N)C(=O)c1cc(C)ccc1C. The Kier molecular flexibility index (Phi) is 4.63. The van der Waals surface area contributed by atoms with E-state index in [1.54, 1.807) is 0 Å². The van der Waals surface area contributed by atoms with Crippen LogP contribution in [-0.2, 0) is 6.54 Å². The third-order valence-corrected chi connectivity index (χ3v) is 3.71. The van der Waals surface area contributed by atoms with Gasteiger partial charge in [-0.05, 0) is 44.0 Å². The Morgan fingerprint density at radius 2 is 1.86 bits per heavy atom. The number of hydrogen-bond acceptors (Lipinski definition) is 2. The molecule has 2 N–H and O–H groups in total. The van der Waals surface area contributed by atoms with E-state index in [1.165, 1.54) is 0 Å². The first-order valence-corrected chi connectivity index (χ1v) is 7.22. The molecule has 0 radical (unpaired) electrons. The van der Waals surface area contributed by atoms with Gasteiger partial charge in [-0.2, -0.15) is 0 Å². The van der Waals surface area contributed by atoms with Crippen molar-refractivity contribution in [1.29, 1.82) is 0 Å². The minimum Gasteiger partial charge on any atom is -0.398 e. The van der Waals surface area contributed by atoms with E-state index in [2.05, 4.69) is 0 Å². The van der Waals surface area contributed by atoms with Crippen molar-refractivity contribution < 1.29 is 4.79 Å². The number of nitrogen functional groups attached to an aromatic ring is 1. The molecule has 0 saturated carbocycles. The fourth-order valence-electron chi connectivity index (χ4n) is 2.35. The number of carbonyl (C=O) groups excluding carboxylic acids is 1. The normalized spacial score (nSPS) is 10.4. The molecule has 0 spiro atoms. The van der Waals surface area contributed by atoms with Crippen LogP contribution in [0.5, 0.6) is 0 Å². The van der Waals surface area contributed by atoms with Crippen molar-refractivity contribution in [2.24, 2.45) is 0 Å². The quantitative estimate of drug-likeness (QED) is 0.872. The van der Waals surface area contributed by atoms with Crippen molar-refractivity contribution in [3.8, 4) is 0 Å². The summed E-state index contributed by atoms with van der Waals surface area (Å²) in [7, 11) is 0. The molecule has 110 valence electrons. The average molecular weight is 282 g/mol. The Morgan fingerprint density at radius 1 is 1.14 bits per heavy atom. The van der Waals surface area contributed by atoms with Gasteiger partial charge in [0.2, 0.25) is 0 Å². The van der Waals surface area contributed by atoms with Crippen molar-refractivity contribution in [3.63, 3.8) is 0 Å². The molecule has 0 aliphatic carbocycles. The first-order valence-electron chi connectivity index (χ1n) is 7.22. The van der Waals surface area contributed by atoms with Crippen LogP contribution in [0.1, 0.15) is 34.0 Å². The number of carbonyl (C=O) groups is 1. The molecule has 0 aliphatic rings. The zero-order valence-corrected chi connectivity index (χ0v) is 12.9. The molecule has 0 heterocycles. The summed E-state index contributed by atoms with van der Waals surface area (Å²) in [6.45, 7) is 7.15. The second-order valence-electron chi connectivity index (χ2n) is 5.34. The van der Waals surface area contributed by atoms with Crippen LogP contribution in [0.25, 0.3) is 0 Å². The minimum absolute atomic E-state index is 0.0574. The third-order valence-electron chi connectivity index (χ3n) is 3.71. The molecule has 0 saturated heterocycles. The Morgan fingerprint density at radius 3 is 2.52 bits per heavy atom. The van der Waals surface area contributed by atoms with Crippen LogP contribution in [0, 0.1) is 13.8 Å². The Labute approximate surface area is 126 Å². The highest BCUT2D eigenvalue weighted by Gasteiger charge is 2.17. The fraction of sp³-hybridized carbons (Fsp3) is 0.278. The van der Waals surface area contributed by atoms with Gasteiger partial charge in [-0.25, -0.2) is 0 Å². The number of benzene rings is 2. The summed E-state index contributed by atoms with van der Waals surface area (Å²) in [5.41, 5.74) is 10.6. The zero-order valence-electron chi connectivity index (χ0n) is 12.9. The summed E-state index contributed by atoms with van der Waals surface area (Å²) in [6, 6.07) is 13.7. The van der Waals surface area contributed by atoms with E-state index in [0.29, 0.717) is 13.1 Å². The summed E-state index contributed by atoms with van der Waals surface area (Å²) in [5.74, 6) is 0.0574. The molecule has 0 fully saturated rings. The van der Waals surface area contributed by atoms with Crippen LogP contribution in [0.4, 0.5) is 5.69 Å². The van der Waals surface area contributed by atoms with Gasteiger partial charge in [0.15, 0.2) is 0 Å². The molecule has 0 aromatic heterocycles. The molecular weight excluding hydrogens is 260 g/mol. The molecule has 3 heteroatoms. The van der Waals surface area contributed by atoms with Gasteiger partial charge in [-0.1, -0.05) is 35.9 Å². The van der Waals surface area contributed by atoms with Gasteiger partial charge in [-0.3, -0.25) is 4.79 Å². The lowest BCUT2D eigenvalue weighted by Gasteiger charge is -2.23. The van der Waals surface area contributed by atoms with Crippen molar-refractivity contribution in [2.75, 3.05) is 12.3 Å². The van der Waals surface area contributed by atoms with Gasteiger partial charge in [-0.15, -0.1) is 0 Å². The highest BCUT2D eigenvalue weighted by molar-refractivity contribution is 5.95. The number of anilines is 1. The first-order chi connectivity index (χ1) is 10.0. The van der Waals surface area contributed by atoms with Crippen LogP contribution >= 0.6 is 0 Å². The minimum atomic E-state index is 0.0574. The van der Waals surface area contributed by atoms with Crippen molar-refractivity contribution in [2.45, 2.75) is 27.3 Å². The van der Waals surface area contributed by atoms with E-state index in [9.17, 15) is 4.79 Å². The molecule has 0 unspecified atom stereocenters. The maximum Gasteiger partial charge on any atom is 0.254 e. The number of aryl methyl sites for hydroxylation is 2. The summed E-state index contributed by atoms with van der Waals surface area (Å²) in [6.07, 6.45) is 0. The predicted molar refractivity (Wildman–Crippen MR) is 87.2 cm³/mol. The van der Waals surface area contributed by atoms with Gasteiger partial charge < -0.3 is 10.6 Å². The van der Waals surface area contributed by atoms with E-state index in [1.807, 2.05) is 68.1 Å². The Hall–Kier alpha value is -2.29. The second-order valence-corrected chi connectivity index (χ2v) is 5.34. The first kappa shape index (κ1) is 15.1. The third kappa shape index (κ3) is 3.43. The molecule has 0 bridgehead atoms. The predicted octanol–water partition coefficient (Wildman–Crippen LogP) is 3.55. The van der Waals surface area contributed by atoms with E-state index in [-0.39, 0.29) is 5.91 Å². The number of nitrogens with two attached hydrogens (primary N) is 1. The molecular formula is C18H22N2O. The van der Waals surface area contributed by atoms with E-state index < -0.39 is 0 Å². The number of rotatable bonds is 4. The molecule has 0 atom stereocenters. The molecule has 1 amide bonds. The smallest absolute Gasteiger partial charge is 0.254 e. The molecule has 2 aromatic rings. The van der Waals surface area contributed by atoms with Crippen LogP contribution in [0.3, 0.4) is 0 Å². The summed E-state index contributed by atoms with van der Waals surface area (Å²) in [5, 5.41) is 0. The van der Waals surface area contributed by atoms with Crippen molar-refractivity contribution >= 4 is 11.6 Å². The number of para-hydroxylation sites is 1. The van der Waals surface area contributed by atoms with E-state index >= 15 is 0 Å². The van der Waals surface area contributed by atoms with Crippen LogP contribution < -0.4 is 5.73 Å².